The van der Waals surface area contributed by atoms with Crippen LogP contribution in [0.15, 0.2) is 11.1 Å². The Morgan fingerprint density at radius 2 is 1.78 bits per heavy atom. The van der Waals surface area contributed by atoms with E-state index in [1.165, 1.54) is 11.1 Å². The van der Waals surface area contributed by atoms with Crippen molar-refractivity contribution in [2.24, 2.45) is 0 Å². The number of aliphatic hydroxyl groups is 1. The fourth-order valence-corrected chi connectivity index (χ4v) is 0.647. The van der Waals surface area contributed by atoms with E-state index in [4.69, 9.17) is 5.11 Å². The highest BCUT2D eigenvalue weighted by molar-refractivity contribution is 5.07. The molecule has 0 spiro atoms. The topological polar surface area (TPSA) is 20.2 Å². The van der Waals surface area contributed by atoms with Gasteiger partial charge in [0.15, 0.2) is 0 Å². The van der Waals surface area contributed by atoms with Gasteiger partial charge in [-0.3, -0.25) is 0 Å². The summed E-state index contributed by atoms with van der Waals surface area (Å²) in [5.41, 5.74) is 2.61. The van der Waals surface area contributed by atoms with Crippen LogP contribution in [0.2, 0.25) is 0 Å². The highest BCUT2D eigenvalue weighted by Crippen LogP contribution is 2.08. The van der Waals surface area contributed by atoms with E-state index in [9.17, 15) is 0 Å². The molecule has 0 aromatic carbocycles. The minimum Gasteiger partial charge on any atom is -0.393 e. The van der Waals surface area contributed by atoms with E-state index in [1.54, 1.807) is 0 Å². The van der Waals surface area contributed by atoms with Gasteiger partial charge in [-0.25, -0.2) is 0 Å². The van der Waals surface area contributed by atoms with Gasteiger partial charge >= 0.3 is 0 Å². The third-order valence-electron chi connectivity index (χ3n) is 1.46. The molecule has 0 radical (unpaired) electrons. The minimum absolute atomic E-state index is 0.195. The van der Waals surface area contributed by atoms with Crippen LogP contribution in [-0.4, -0.2) is 11.2 Å². The van der Waals surface area contributed by atoms with Crippen molar-refractivity contribution in [1.82, 2.24) is 0 Å². The second kappa shape index (κ2) is 3.67. The molecule has 0 bridgehead atoms. The lowest BCUT2D eigenvalue weighted by atomic mass is 10.1. The van der Waals surface area contributed by atoms with Crippen molar-refractivity contribution in [2.75, 3.05) is 0 Å². The Balaban J connectivity index is 3.77. The van der Waals surface area contributed by atoms with Crippen molar-refractivity contribution < 1.29 is 5.11 Å². The second-order valence-corrected chi connectivity index (χ2v) is 2.83. The standard InChI is InChI=1S/C8H16O/c1-6(2)7(3)5-8(4)9/h8-9H,5H2,1-4H3. The van der Waals surface area contributed by atoms with Gasteiger partial charge in [0.25, 0.3) is 0 Å². The molecule has 9 heavy (non-hydrogen) atoms. The zero-order chi connectivity index (χ0) is 7.44. The van der Waals surface area contributed by atoms with Gasteiger partial charge < -0.3 is 5.11 Å². The van der Waals surface area contributed by atoms with Crippen molar-refractivity contribution in [3.63, 3.8) is 0 Å². The molecule has 1 atom stereocenters. The molecule has 0 saturated carbocycles. The lowest BCUT2D eigenvalue weighted by Gasteiger charge is -2.05. The third-order valence-corrected chi connectivity index (χ3v) is 1.46. The normalized spacial score (nSPS) is 13.0. The molecular weight excluding hydrogens is 112 g/mol. The first-order valence-corrected chi connectivity index (χ1v) is 3.35. The summed E-state index contributed by atoms with van der Waals surface area (Å²) >= 11 is 0. The van der Waals surface area contributed by atoms with Crippen molar-refractivity contribution >= 4 is 0 Å². The molecule has 0 rings (SSSR count). The first-order chi connectivity index (χ1) is 4.04. The smallest absolute Gasteiger partial charge is 0.0549 e. The van der Waals surface area contributed by atoms with Crippen LogP contribution in [0.5, 0.6) is 0 Å². The van der Waals surface area contributed by atoms with Gasteiger partial charge in [-0.15, -0.1) is 0 Å². The minimum atomic E-state index is -0.195. The van der Waals surface area contributed by atoms with Crippen molar-refractivity contribution in [3.8, 4) is 0 Å². The number of hydrogen-bond donors (Lipinski definition) is 1. The lowest BCUT2D eigenvalue weighted by Crippen LogP contribution is -2.00. The molecule has 0 aromatic rings. The molecule has 1 N–H and O–H groups in total. The summed E-state index contributed by atoms with van der Waals surface area (Å²) < 4.78 is 0. The Kier molecular flexibility index (Phi) is 3.55. The zero-order valence-corrected chi connectivity index (χ0v) is 6.73. The molecule has 0 heterocycles. The summed E-state index contributed by atoms with van der Waals surface area (Å²) in [6.07, 6.45) is 0.613. The molecule has 0 aromatic heterocycles. The molecule has 54 valence electrons. The van der Waals surface area contributed by atoms with Crippen LogP contribution < -0.4 is 0 Å². The molecule has 0 aliphatic carbocycles. The maximum atomic E-state index is 8.94. The van der Waals surface area contributed by atoms with Crippen LogP contribution in [0.1, 0.15) is 34.1 Å². The molecular formula is C8H16O. The second-order valence-electron chi connectivity index (χ2n) is 2.83. The Labute approximate surface area is 57.4 Å². The highest BCUT2D eigenvalue weighted by atomic mass is 16.3. The molecule has 0 amide bonds. The molecule has 1 heteroatoms. The molecule has 1 nitrogen and oxygen atoms in total. The van der Waals surface area contributed by atoms with Crippen LogP contribution in [0.25, 0.3) is 0 Å². The summed E-state index contributed by atoms with van der Waals surface area (Å²) in [5, 5.41) is 8.94. The molecule has 0 aliphatic heterocycles. The first kappa shape index (κ1) is 8.70. The van der Waals surface area contributed by atoms with Gasteiger partial charge in [0.1, 0.15) is 0 Å². The van der Waals surface area contributed by atoms with Gasteiger partial charge in [-0.2, -0.15) is 0 Å². The molecule has 0 saturated heterocycles. The van der Waals surface area contributed by atoms with Gasteiger partial charge in [0.05, 0.1) is 6.10 Å². The van der Waals surface area contributed by atoms with Gasteiger partial charge in [-0.05, 0) is 34.1 Å². The van der Waals surface area contributed by atoms with E-state index in [0.29, 0.717) is 0 Å². The highest BCUT2D eigenvalue weighted by Gasteiger charge is 1.97. The van der Waals surface area contributed by atoms with Crippen LogP contribution in [0.4, 0.5) is 0 Å². The van der Waals surface area contributed by atoms with Gasteiger partial charge in [-0.1, -0.05) is 11.1 Å². The van der Waals surface area contributed by atoms with E-state index in [0.717, 1.165) is 6.42 Å². The largest absolute Gasteiger partial charge is 0.393 e. The quantitative estimate of drug-likeness (QED) is 0.565. The van der Waals surface area contributed by atoms with Crippen molar-refractivity contribution in [3.05, 3.63) is 11.1 Å². The van der Waals surface area contributed by atoms with Crippen LogP contribution >= 0.6 is 0 Å². The summed E-state index contributed by atoms with van der Waals surface area (Å²) in [4.78, 5) is 0. The van der Waals surface area contributed by atoms with Crippen LogP contribution in [-0.2, 0) is 0 Å². The van der Waals surface area contributed by atoms with Crippen LogP contribution in [0.3, 0.4) is 0 Å². The number of allylic oxidation sites excluding steroid dienone is 1. The van der Waals surface area contributed by atoms with Crippen molar-refractivity contribution in [1.29, 1.82) is 0 Å². The van der Waals surface area contributed by atoms with Gasteiger partial charge in [0, 0.05) is 0 Å². The van der Waals surface area contributed by atoms with Crippen LogP contribution in [0, 0.1) is 0 Å². The van der Waals surface area contributed by atoms with E-state index in [-0.39, 0.29) is 6.10 Å². The summed E-state index contributed by atoms with van der Waals surface area (Å²) in [6.45, 7) is 8.00. The molecule has 0 aliphatic rings. The fourth-order valence-electron chi connectivity index (χ4n) is 0.647. The third kappa shape index (κ3) is 4.22. The lowest BCUT2D eigenvalue weighted by molar-refractivity contribution is 0.195. The van der Waals surface area contributed by atoms with E-state index in [2.05, 4.69) is 20.8 Å². The van der Waals surface area contributed by atoms with E-state index in [1.807, 2.05) is 6.92 Å². The Hall–Kier alpha value is -0.300. The number of aliphatic hydroxyl groups excluding tert-OH is 1. The monoisotopic (exact) mass is 128 g/mol. The molecule has 0 fully saturated rings. The fraction of sp³-hybridized carbons (Fsp3) is 0.750. The Morgan fingerprint density at radius 3 is 1.89 bits per heavy atom. The zero-order valence-electron chi connectivity index (χ0n) is 6.73. The number of hydrogen-bond acceptors (Lipinski definition) is 1. The van der Waals surface area contributed by atoms with E-state index >= 15 is 0 Å². The predicted molar refractivity (Wildman–Crippen MR) is 40.3 cm³/mol. The van der Waals surface area contributed by atoms with Crippen molar-refractivity contribution in [2.45, 2.75) is 40.2 Å². The summed E-state index contributed by atoms with van der Waals surface area (Å²) in [6, 6.07) is 0. The Morgan fingerprint density at radius 1 is 1.33 bits per heavy atom. The predicted octanol–water partition coefficient (Wildman–Crippen LogP) is 2.11. The average Bonchev–Trinajstić information content (AvgIpc) is 1.63. The SMILES string of the molecule is CC(C)=C(C)CC(C)O. The Bertz CT molecular complexity index is 108. The van der Waals surface area contributed by atoms with E-state index < -0.39 is 0 Å². The summed E-state index contributed by atoms with van der Waals surface area (Å²) in [7, 11) is 0. The summed E-state index contributed by atoms with van der Waals surface area (Å²) in [5.74, 6) is 0. The first-order valence-electron chi connectivity index (χ1n) is 3.35. The van der Waals surface area contributed by atoms with Gasteiger partial charge in [0.2, 0.25) is 0 Å². The average molecular weight is 128 g/mol. The molecule has 1 unspecified atom stereocenters. The number of rotatable bonds is 2. The maximum Gasteiger partial charge on any atom is 0.0549 e. The maximum absolute atomic E-state index is 8.94.